The van der Waals surface area contributed by atoms with E-state index in [0.717, 1.165) is 5.56 Å². The third-order valence-electron chi connectivity index (χ3n) is 3.07. The number of carboxylic acid groups (broad SMARTS) is 1. The summed E-state index contributed by atoms with van der Waals surface area (Å²) in [6.45, 7) is 5.36. The van der Waals surface area contributed by atoms with Crippen LogP contribution in [-0.2, 0) is 9.59 Å². The molecule has 1 atom stereocenters. The SMILES string of the molecule is CC(CC(=O)NC(C)(C)CC(=O)O)c1ccc(N)cc1. The van der Waals surface area contributed by atoms with Crippen LogP contribution < -0.4 is 11.1 Å². The maximum Gasteiger partial charge on any atom is 0.305 e. The fourth-order valence-corrected chi connectivity index (χ4v) is 2.07. The van der Waals surface area contributed by atoms with E-state index in [0.29, 0.717) is 12.1 Å². The number of aliphatic carboxylic acids is 1. The monoisotopic (exact) mass is 278 g/mol. The number of anilines is 1. The Labute approximate surface area is 119 Å². The second-order valence-corrected chi connectivity index (χ2v) is 5.77. The van der Waals surface area contributed by atoms with Crippen molar-refractivity contribution in [2.45, 2.75) is 45.1 Å². The molecule has 0 aliphatic carbocycles. The number of nitrogens with one attached hydrogen (secondary N) is 1. The van der Waals surface area contributed by atoms with Gasteiger partial charge in [0, 0.05) is 17.6 Å². The quantitative estimate of drug-likeness (QED) is 0.695. The van der Waals surface area contributed by atoms with E-state index in [-0.39, 0.29) is 18.2 Å². The highest BCUT2D eigenvalue weighted by molar-refractivity contribution is 5.79. The van der Waals surface area contributed by atoms with Gasteiger partial charge in [-0.1, -0.05) is 19.1 Å². The number of rotatable bonds is 6. The molecule has 4 N–H and O–H groups in total. The van der Waals surface area contributed by atoms with Gasteiger partial charge in [0.1, 0.15) is 0 Å². The molecule has 0 aliphatic rings. The first-order valence-electron chi connectivity index (χ1n) is 6.58. The Balaban J connectivity index is 2.57. The third-order valence-corrected chi connectivity index (χ3v) is 3.07. The number of benzene rings is 1. The van der Waals surface area contributed by atoms with Crippen LogP contribution >= 0.6 is 0 Å². The van der Waals surface area contributed by atoms with Crippen LogP contribution in [0.25, 0.3) is 0 Å². The van der Waals surface area contributed by atoms with Crippen LogP contribution in [0.3, 0.4) is 0 Å². The van der Waals surface area contributed by atoms with Gasteiger partial charge >= 0.3 is 5.97 Å². The van der Waals surface area contributed by atoms with Crippen molar-refractivity contribution in [2.24, 2.45) is 0 Å². The molecule has 0 heterocycles. The highest BCUT2D eigenvalue weighted by Gasteiger charge is 2.24. The zero-order valence-electron chi connectivity index (χ0n) is 12.1. The molecule has 0 radical (unpaired) electrons. The van der Waals surface area contributed by atoms with Gasteiger partial charge in [0.05, 0.1) is 6.42 Å². The topological polar surface area (TPSA) is 92.4 Å². The number of nitrogens with two attached hydrogens (primary N) is 1. The summed E-state index contributed by atoms with van der Waals surface area (Å²) in [6.07, 6.45) is 0.210. The van der Waals surface area contributed by atoms with E-state index in [2.05, 4.69) is 5.32 Å². The minimum absolute atomic E-state index is 0.0521. The maximum absolute atomic E-state index is 12.0. The van der Waals surface area contributed by atoms with Gasteiger partial charge in [-0.15, -0.1) is 0 Å². The summed E-state index contributed by atoms with van der Waals surface area (Å²) in [6, 6.07) is 7.40. The molecular formula is C15H22N2O3. The lowest BCUT2D eigenvalue weighted by Gasteiger charge is -2.25. The van der Waals surface area contributed by atoms with E-state index in [1.54, 1.807) is 26.0 Å². The predicted molar refractivity (Wildman–Crippen MR) is 78.4 cm³/mol. The molecule has 110 valence electrons. The first kappa shape index (κ1) is 16.0. The first-order valence-corrected chi connectivity index (χ1v) is 6.58. The van der Waals surface area contributed by atoms with Crippen molar-refractivity contribution < 1.29 is 14.7 Å². The molecule has 0 saturated heterocycles. The van der Waals surface area contributed by atoms with Crippen molar-refractivity contribution in [3.8, 4) is 0 Å². The maximum atomic E-state index is 12.0. The van der Waals surface area contributed by atoms with Gasteiger partial charge in [-0.25, -0.2) is 0 Å². The Kier molecular flexibility index (Phi) is 5.13. The molecule has 1 amide bonds. The molecule has 5 heteroatoms. The number of hydrogen-bond acceptors (Lipinski definition) is 3. The van der Waals surface area contributed by atoms with E-state index in [1.807, 2.05) is 19.1 Å². The molecule has 1 unspecified atom stereocenters. The number of carbonyl (C=O) groups excluding carboxylic acids is 1. The van der Waals surface area contributed by atoms with Crippen molar-refractivity contribution in [1.29, 1.82) is 0 Å². The molecule has 0 spiro atoms. The molecule has 1 aromatic carbocycles. The van der Waals surface area contributed by atoms with E-state index in [4.69, 9.17) is 10.8 Å². The predicted octanol–water partition coefficient (Wildman–Crippen LogP) is 2.13. The highest BCUT2D eigenvalue weighted by atomic mass is 16.4. The summed E-state index contributed by atoms with van der Waals surface area (Å²) < 4.78 is 0. The lowest BCUT2D eigenvalue weighted by Crippen LogP contribution is -2.45. The van der Waals surface area contributed by atoms with E-state index < -0.39 is 11.5 Å². The lowest BCUT2D eigenvalue weighted by molar-refractivity contribution is -0.138. The molecular weight excluding hydrogens is 256 g/mol. The van der Waals surface area contributed by atoms with Crippen LogP contribution in [0.4, 0.5) is 5.69 Å². The van der Waals surface area contributed by atoms with Crippen LogP contribution in [0.1, 0.15) is 45.1 Å². The van der Waals surface area contributed by atoms with Crippen LogP contribution in [0.5, 0.6) is 0 Å². The Morgan fingerprint density at radius 3 is 2.35 bits per heavy atom. The normalized spacial score (nSPS) is 12.8. The Bertz CT molecular complexity index is 480. The standard InChI is InChI=1S/C15H22N2O3/c1-10(11-4-6-12(16)7-5-11)8-13(18)17-15(2,3)9-14(19)20/h4-7,10H,8-9,16H2,1-3H3,(H,17,18)(H,19,20). The summed E-state index contributed by atoms with van der Waals surface area (Å²) in [4.78, 5) is 22.7. The molecule has 1 rings (SSSR count). The van der Waals surface area contributed by atoms with Gasteiger partial charge in [0.2, 0.25) is 5.91 Å². The minimum Gasteiger partial charge on any atom is -0.481 e. The highest BCUT2D eigenvalue weighted by Crippen LogP contribution is 2.20. The van der Waals surface area contributed by atoms with Gasteiger partial charge in [0.15, 0.2) is 0 Å². The second kappa shape index (κ2) is 6.41. The van der Waals surface area contributed by atoms with Crippen molar-refractivity contribution >= 4 is 17.6 Å². The molecule has 0 aliphatic heterocycles. The zero-order valence-corrected chi connectivity index (χ0v) is 12.1. The van der Waals surface area contributed by atoms with Crippen LogP contribution in [0, 0.1) is 0 Å². The van der Waals surface area contributed by atoms with Crippen LogP contribution in [0.15, 0.2) is 24.3 Å². The van der Waals surface area contributed by atoms with Gasteiger partial charge < -0.3 is 16.2 Å². The van der Waals surface area contributed by atoms with Crippen molar-refractivity contribution in [3.05, 3.63) is 29.8 Å². The Hall–Kier alpha value is -2.04. The summed E-state index contributed by atoms with van der Waals surface area (Å²) in [5, 5.41) is 11.5. The molecule has 0 saturated carbocycles. The fraction of sp³-hybridized carbons (Fsp3) is 0.467. The average Bonchev–Trinajstić information content (AvgIpc) is 2.26. The molecule has 0 aromatic heterocycles. The van der Waals surface area contributed by atoms with Gasteiger partial charge in [-0.05, 0) is 37.5 Å². The first-order chi connectivity index (χ1) is 9.19. The lowest BCUT2D eigenvalue weighted by atomic mass is 9.95. The second-order valence-electron chi connectivity index (χ2n) is 5.77. The number of hydrogen-bond donors (Lipinski definition) is 3. The Morgan fingerprint density at radius 2 is 1.85 bits per heavy atom. The van der Waals surface area contributed by atoms with Crippen LogP contribution in [0.2, 0.25) is 0 Å². The largest absolute Gasteiger partial charge is 0.481 e. The number of nitrogen functional groups attached to an aromatic ring is 1. The number of amides is 1. The van der Waals surface area contributed by atoms with Gasteiger partial charge in [0.25, 0.3) is 0 Å². The third kappa shape index (κ3) is 5.30. The van der Waals surface area contributed by atoms with Crippen molar-refractivity contribution in [2.75, 3.05) is 5.73 Å². The van der Waals surface area contributed by atoms with Crippen LogP contribution in [-0.4, -0.2) is 22.5 Å². The minimum atomic E-state index is -0.929. The number of carbonyl (C=O) groups is 2. The van der Waals surface area contributed by atoms with E-state index >= 15 is 0 Å². The zero-order chi connectivity index (χ0) is 15.3. The Morgan fingerprint density at radius 1 is 1.30 bits per heavy atom. The van der Waals surface area contributed by atoms with E-state index in [9.17, 15) is 9.59 Å². The average molecular weight is 278 g/mol. The molecule has 0 fully saturated rings. The molecule has 20 heavy (non-hydrogen) atoms. The fourth-order valence-electron chi connectivity index (χ4n) is 2.07. The molecule has 1 aromatic rings. The summed E-state index contributed by atoms with van der Waals surface area (Å²) in [7, 11) is 0. The summed E-state index contributed by atoms with van der Waals surface area (Å²) >= 11 is 0. The molecule has 0 bridgehead atoms. The summed E-state index contributed by atoms with van der Waals surface area (Å²) in [5.74, 6) is -1.03. The number of carboxylic acids is 1. The molecule has 5 nitrogen and oxygen atoms in total. The van der Waals surface area contributed by atoms with Crippen molar-refractivity contribution in [3.63, 3.8) is 0 Å². The van der Waals surface area contributed by atoms with Gasteiger partial charge in [-0.2, -0.15) is 0 Å². The summed E-state index contributed by atoms with van der Waals surface area (Å²) in [5.41, 5.74) is 6.60. The van der Waals surface area contributed by atoms with Gasteiger partial charge in [-0.3, -0.25) is 9.59 Å². The van der Waals surface area contributed by atoms with Crippen molar-refractivity contribution in [1.82, 2.24) is 5.32 Å². The smallest absolute Gasteiger partial charge is 0.305 e. The van der Waals surface area contributed by atoms with E-state index in [1.165, 1.54) is 0 Å².